The number of rotatable bonds is 6. The van der Waals surface area contributed by atoms with E-state index < -0.39 is 11.9 Å². The molecule has 0 aliphatic carbocycles. The first-order valence-corrected chi connectivity index (χ1v) is 8.53. The molecule has 0 unspecified atom stereocenters. The zero-order chi connectivity index (χ0) is 17.5. The van der Waals surface area contributed by atoms with E-state index in [1.807, 2.05) is 0 Å². The first-order chi connectivity index (χ1) is 11.5. The van der Waals surface area contributed by atoms with Gasteiger partial charge in [-0.1, -0.05) is 23.4 Å². The van der Waals surface area contributed by atoms with Crippen LogP contribution in [-0.4, -0.2) is 48.8 Å². The number of hydrogen-bond acceptors (Lipinski definition) is 6. The van der Waals surface area contributed by atoms with Crippen LogP contribution in [0.15, 0.2) is 35.4 Å². The lowest BCUT2D eigenvalue weighted by Gasteiger charge is -2.16. The Morgan fingerprint density at radius 2 is 2.04 bits per heavy atom. The van der Waals surface area contributed by atoms with Crippen LogP contribution in [0.25, 0.3) is 0 Å². The van der Waals surface area contributed by atoms with Gasteiger partial charge in [-0.3, -0.25) is 4.79 Å². The molecule has 1 aromatic carbocycles. The summed E-state index contributed by atoms with van der Waals surface area (Å²) in [5.74, 6) is -0.752. The maximum Gasteiger partial charge on any atom is 0.338 e. The quantitative estimate of drug-likeness (QED) is 0.436. The van der Waals surface area contributed by atoms with E-state index in [-0.39, 0.29) is 18.3 Å². The van der Waals surface area contributed by atoms with Crippen LogP contribution < -0.4 is 0 Å². The van der Waals surface area contributed by atoms with E-state index in [1.165, 1.54) is 29.8 Å². The molecule has 1 heterocycles. The van der Waals surface area contributed by atoms with Crippen molar-refractivity contribution >= 4 is 41.2 Å². The summed E-state index contributed by atoms with van der Waals surface area (Å²) >= 11 is 7.04. The highest BCUT2D eigenvalue weighted by atomic mass is 35.5. The summed E-state index contributed by atoms with van der Waals surface area (Å²) in [6.07, 6.45) is 1.75. The van der Waals surface area contributed by atoms with Gasteiger partial charge in [0.05, 0.1) is 36.1 Å². The Hall–Kier alpha value is -1.99. The predicted octanol–water partition coefficient (Wildman–Crippen LogP) is 2.48. The van der Waals surface area contributed by atoms with Gasteiger partial charge in [0.2, 0.25) is 5.91 Å². The zero-order valence-corrected chi connectivity index (χ0v) is 14.6. The number of benzene rings is 1. The molecule has 1 amide bonds. The molecule has 0 aromatic heterocycles. The minimum absolute atomic E-state index is 0.0841. The van der Waals surface area contributed by atoms with Crippen LogP contribution in [0.3, 0.4) is 0 Å². The Bertz CT molecular complexity index is 659. The summed E-state index contributed by atoms with van der Waals surface area (Å²) in [6.45, 7) is 0.532. The van der Waals surface area contributed by atoms with Crippen LogP contribution in [0, 0.1) is 0 Å². The van der Waals surface area contributed by atoms with Gasteiger partial charge in [-0.05, 0) is 30.7 Å². The third-order valence-corrected chi connectivity index (χ3v) is 4.47. The fourth-order valence-corrected chi connectivity index (χ4v) is 3.07. The first kappa shape index (κ1) is 18.4. The number of nitrogens with zero attached hydrogens (tertiary/aromatic N) is 1. The van der Waals surface area contributed by atoms with Gasteiger partial charge in [0.1, 0.15) is 0 Å². The Balaban J connectivity index is 1.81. The molecule has 0 radical (unpaired) electrons. The molecule has 0 saturated carbocycles. The van der Waals surface area contributed by atoms with Gasteiger partial charge in [-0.25, -0.2) is 9.59 Å². The van der Waals surface area contributed by atoms with Crippen molar-refractivity contribution in [3.63, 3.8) is 0 Å². The molecule has 0 bridgehead atoms. The van der Waals surface area contributed by atoms with Crippen molar-refractivity contribution in [1.82, 2.24) is 4.90 Å². The second kappa shape index (κ2) is 8.75. The van der Waals surface area contributed by atoms with Crippen molar-refractivity contribution in [3.8, 4) is 0 Å². The highest BCUT2D eigenvalue weighted by Crippen LogP contribution is 2.28. The Kier molecular flexibility index (Phi) is 6.69. The normalized spacial score (nSPS) is 15.7. The van der Waals surface area contributed by atoms with E-state index in [0.29, 0.717) is 28.6 Å². The summed E-state index contributed by atoms with van der Waals surface area (Å²) in [4.78, 5) is 36.5. The van der Waals surface area contributed by atoms with Crippen molar-refractivity contribution in [2.24, 2.45) is 0 Å². The van der Waals surface area contributed by atoms with Gasteiger partial charge in [-0.2, -0.15) is 0 Å². The number of carbonyl (C=O) groups is 3. The lowest BCUT2D eigenvalue weighted by atomic mass is 10.2. The third-order valence-electron chi connectivity index (χ3n) is 3.19. The molecular weight excluding hydrogens is 354 g/mol. The van der Waals surface area contributed by atoms with Crippen LogP contribution in [0.2, 0.25) is 5.02 Å². The maximum absolute atomic E-state index is 11.8. The molecular formula is C16H16ClNO5S. The van der Waals surface area contributed by atoms with Gasteiger partial charge in [0.25, 0.3) is 0 Å². The number of hydrogen-bond donors (Lipinski definition) is 0. The lowest BCUT2D eigenvalue weighted by molar-refractivity contribution is -0.134. The van der Waals surface area contributed by atoms with Gasteiger partial charge >= 0.3 is 11.9 Å². The number of methoxy groups -OCH3 is 1. The summed E-state index contributed by atoms with van der Waals surface area (Å²) in [6, 6.07) is 6.40. The van der Waals surface area contributed by atoms with E-state index in [1.54, 1.807) is 24.3 Å². The minimum Gasteiger partial charge on any atom is -0.466 e. The van der Waals surface area contributed by atoms with Crippen LogP contribution in [0.1, 0.15) is 16.8 Å². The van der Waals surface area contributed by atoms with Crippen molar-refractivity contribution in [2.75, 3.05) is 26.0 Å². The number of ether oxygens (including phenoxy) is 2. The average Bonchev–Trinajstić information content (AvgIpc) is 2.92. The van der Waals surface area contributed by atoms with Crippen LogP contribution in [0.4, 0.5) is 0 Å². The summed E-state index contributed by atoms with van der Waals surface area (Å²) < 4.78 is 9.73. The SMILES string of the molecule is COC(=O)/C=C1/SCC(=O)N1CCCOC(=O)c1ccc(Cl)cc1. The first-order valence-electron chi connectivity index (χ1n) is 7.17. The van der Waals surface area contributed by atoms with Crippen LogP contribution >= 0.6 is 23.4 Å². The predicted molar refractivity (Wildman–Crippen MR) is 90.6 cm³/mol. The molecule has 1 saturated heterocycles. The molecule has 0 atom stereocenters. The van der Waals surface area contributed by atoms with Crippen molar-refractivity contribution in [3.05, 3.63) is 46.0 Å². The molecule has 1 aliphatic rings. The largest absolute Gasteiger partial charge is 0.466 e. The summed E-state index contributed by atoms with van der Waals surface area (Å²) in [7, 11) is 1.28. The summed E-state index contributed by atoms with van der Waals surface area (Å²) in [5, 5.41) is 1.09. The Morgan fingerprint density at radius 1 is 1.33 bits per heavy atom. The molecule has 24 heavy (non-hydrogen) atoms. The topological polar surface area (TPSA) is 72.9 Å². The Labute approximate surface area is 148 Å². The van der Waals surface area contributed by atoms with Gasteiger partial charge < -0.3 is 14.4 Å². The monoisotopic (exact) mass is 369 g/mol. The molecule has 1 fully saturated rings. The van der Waals surface area contributed by atoms with Crippen molar-refractivity contribution < 1.29 is 23.9 Å². The Morgan fingerprint density at radius 3 is 2.71 bits per heavy atom. The van der Waals surface area contributed by atoms with E-state index in [0.717, 1.165) is 0 Å². The highest BCUT2D eigenvalue weighted by molar-refractivity contribution is 8.04. The maximum atomic E-state index is 11.8. The fraction of sp³-hybridized carbons (Fsp3) is 0.312. The van der Waals surface area contributed by atoms with Gasteiger partial charge in [0, 0.05) is 11.6 Å². The zero-order valence-electron chi connectivity index (χ0n) is 13.0. The molecule has 6 nitrogen and oxygen atoms in total. The number of carbonyl (C=O) groups excluding carboxylic acids is 3. The molecule has 8 heteroatoms. The number of halogens is 1. The minimum atomic E-state index is -0.508. The highest BCUT2D eigenvalue weighted by Gasteiger charge is 2.27. The van der Waals surface area contributed by atoms with Crippen molar-refractivity contribution in [2.45, 2.75) is 6.42 Å². The number of amides is 1. The smallest absolute Gasteiger partial charge is 0.338 e. The number of esters is 2. The van der Waals surface area contributed by atoms with Gasteiger partial charge in [-0.15, -0.1) is 0 Å². The molecule has 2 rings (SSSR count). The van der Waals surface area contributed by atoms with E-state index in [4.69, 9.17) is 16.3 Å². The van der Waals surface area contributed by atoms with Crippen molar-refractivity contribution in [1.29, 1.82) is 0 Å². The standard InChI is InChI=1S/C16H16ClNO5S/c1-22-15(20)9-14-18(13(19)10-24-14)7-2-8-23-16(21)11-3-5-12(17)6-4-11/h3-6,9H,2,7-8,10H2,1H3/b14-9+. The molecule has 1 aliphatic heterocycles. The summed E-state index contributed by atoms with van der Waals surface area (Å²) in [5.41, 5.74) is 0.415. The molecule has 128 valence electrons. The van der Waals surface area contributed by atoms with E-state index in [9.17, 15) is 14.4 Å². The van der Waals surface area contributed by atoms with E-state index in [2.05, 4.69) is 4.74 Å². The average molecular weight is 370 g/mol. The van der Waals surface area contributed by atoms with Crippen LogP contribution in [0.5, 0.6) is 0 Å². The number of thioether (sulfide) groups is 1. The third kappa shape index (κ3) is 5.01. The fourth-order valence-electron chi connectivity index (χ4n) is 1.99. The van der Waals surface area contributed by atoms with E-state index >= 15 is 0 Å². The van der Waals surface area contributed by atoms with Crippen LogP contribution in [-0.2, 0) is 19.1 Å². The van der Waals surface area contributed by atoms with Gasteiger partial charge in [0.15, 0.2) is 0 Å². The second-order valence-electron chi connectivity index (χ2n) is 4.84. The molecule has 1 aromatic rings. The molecule has 0 spiro atoms. The second-order valence-corrected chi connectivity index (χ2v) is 6.27. The lowest BCUT2D eigenvalue weighted by Crippen LogP contribution is -2.27. The molecule has 0 N–H and O–H groups in total.